The summed E-state index contributed by atoms with van der Waals surface area (Å²) in [5, 5.41) is 0.604. The van der Waals surface area contributed by atoms with Gasteiger partial charge in [-0.25, -0.2) is 0 Å². The fraction of sp³-hybridized carbons (Fsp3) is 0.417. The molecule has 0 aliphatic carbocycles. The molecule has 0 amide bonds. The molecule has 0 aliphatic heterocycles. The van der Waals surface area contributed by atoms with E-state index >= 15 is 0 Å². The summed E-state index contributed by atoms with van der Waals surface area (Å²) in [6.45, 7) is 1.57. The van der Waals surface area contributed by atoms with E-state index in [1.54, 1.807) is 14.2 Å². The summed E-state index contributed by atoms with van der Waals surface area (Å²) < 4.78 is 15.6. The number of carbonyl (C=O) groups excluding carboxylic acids is 1. The van der Waals surface area contributed by atoms with Crippen LogP contribution in [0.4, 0.5) is 0 Å². The Labute approximate surface area is 109 Å². The van der Waals surface area contributed by atoms with Gasteiger partial charge in [0.2, 0.25) is 0 Å². The summed E-state index contributed by atoms with van der Waals surface area (Å²) in [5.74, 6) is 1.11. The number of halogens is 1. The Balaban J connectivity index is 3.09. The maximum atomic E-state index is 10.8. The first-order valence-electron chi connectivity index (χ1n) is 5.06. The normalized spacial score (nSPS) is 9.88. The van der Waals surface area contributed by atoms with Crippen molar-refractivity contribution in [2.24, 2.45) is 0 Å². The molecule has 0 unspecified atom stereocenters. The predicted molar refractivity (Wildman–Crippen MR) is 67.6 cm³/mol. The third-order valence-corrected chi connectivity index (χ3v) is 2.85. The Morgan fingerprint density at radius 1 is 1.29 bits per heavy atom. The van der Waals surface area contributed by atoms with Crippen molar-refractivity contribution in [3.05, 3.63) is 23.3 Å². The first kappa shape index (κ1) is 13.8. The van der Waals surface area contributed by atoms with Crippen LogP contribution >= 0.6 is 15.9 Å². The minimum Gasteiger partial charge on any atom is -0.496 e. The summed E-state index contributed by atoms with van der Waals surface area (Å²) in [5.41, 5.74) is 1.72. The number of hydrogen-bond donors (Lipinski definition) is 0. The van der Waals surface area contributed by atoms with Crippen LogP contribution < -0.4 is 9.47 Å². The molecule has 1 rings (SSSR count). The van der Waals surface area contributed by atoms with Gasteiger partial charge in [0.05, 0.1) is 14.2 Å². The number of carbonyl (C=O) groups is 1. The maximum Gasteiger partial charge on any atom is 0.302 e. The third-order valence-electron chi connectivity index (χ3n) is 2.29. The van der Waals surface area contributed by atoms with Crippen molar-refractivity contribution in [2.45, 2.75) is 18.9 Å². The van der Waals surface area contributed by atoms with E-state index in [0.29, 0.717) is 11.1 Å². The lowest BCUT2D eigenvalue weighted by Gasteiger charge is -2.15. The van der Waals surface area contributed by atoms with Gasteiger partial charge in [-0.2, -0.15) is 0 Å². The van der Waals surface area contributed by atoms with Crippen molar-refractivity contribution in [3.8, 4) is 11.5 Å². The number of benzene rings is 1. The van der Waals surface area contributed by atoms with E-state index in [1.807, 2.05) is 12.1 Å². The highest BCUT2D eigenvalue weighted by Gasteiger charge is 2.14. The molecule has 94 valence electrons. The van der Waals surface area contributed by atoms with Crippen molar-refractivity contribution in [2.75, 3.05) is 14.2 Å². The molecular formula is C12H15BrO4. The Bertz CT molecular complexity index is 404. The molecule has 1 aromatic carbocycles. The van der Waals surface area contributed by atoms with Gasteiger partial charge in [0.25, 0.3) is 0 Å². The molecule has 4 nitrogen and oxygen atoms in total. The molecule has 0 bridgehead atoms. The first-order chi connectivity index (χ1) is 8.13. The average Bonchev–Trinajstić information content (AvgIpc) is 2.34. The van der Waals surface area contributed by atoms with E-state index < -0.39 is 0 Å². The summed E-state index contributed by atoms with van der Waals surface area (Å²) in [6.07, 6.45) is 0. The van der Waals surface area contributed by atoms with Gasteiger partial charge in [-0.3, -0.25) is 4.79 Å². The second kappa shape index (κ2) is 6.49. The second-order valence-electron chi connectivity index (χ2n) is 3.35. The van der Waals surface area contributed by atoms with Gasteiger partial charge in [0, 0.05) is 23.4 Å². The summed E-state index contributed by atoms with van der Waals surface area (Å²) >= 11 is 3.39. The molecule has 0 N–H and O–H groups in total. The van der Waals surface area contributed by atoms with E-state index in [-0.39, 0.29) is 12.6 Å². The highest BCUT2D eigenvalue weighted by atomic mass is 79.9. The highest BCUT2D eigenvalue weighted by Crippen LogP contribution is 2.34. The molecule has 0 atom stereocenters. The molecule has 5 heteroatoms. The predicted octanol–water partition coefficient (Wildman–Crippen LogP) is 2.66. The van der Waals surface area contributed by atoms with Gasteiger partial charge in [-0.15, -0.1) is 0 Å². The van der Waals surface area contributed by atoms with E-state index in [2.05, 4.69) is 15.9 Å². The quantitative estimate of drug-likeness (QED) is 0.619. The monoisotopic (exact) mass is 302 g/mol. The van der Waals surface area contributed by atoms with Gasteiger partial charge >= 0.3 is 5.97 Å². The molecule has 0 saturated heterocycles. The van der Waals surface area contributed by atoms with Crippen LogP contribution in [0.2, 0.25) is 0 Å². The Hall–Kier alpha value is -1.23. The highest BCUT2D eigenvalue weighted by molar-refractivity contribution is 9.08. The van der Waals surface area contributed by atoms with Crippen molar-refractivity contribution in [3.63, 3.8) is 0 Å². The SMILES string of the molecule is COc1ccc(COC(C)=O)c(OC)c1CBr. The maximum absolute atomic E-state index is 10.8. The summed E-state index contributed by atoms with van der Waals surface area (Å²) in [6, 6.07) is 3.66. The Morgan fingerprint density at radius 3 is 2.47 bits per heavy atom. The molecule has 0 fully saturated rings. The molecule has 0 saturated carbocycles. The molecule has 0 heterocycles. The lowest BCUT2D eigenvalue weighted by molar-refractivity contribution is -0.142. The zero-order valence-corrected chi connectivity index (χ0v) is 11.7. The van der Waals surface area contributed by atoms with Gasteiger partial charge < -0.3 is 14.2 Å². The number of hydrogen-bond acceptors (Lipinski definition) is 4. The van der Waals surface area contributed by atoms with Crippen LogP contribution in [-0.2, 0) is 21.5 Å². The standard InChI is InChI=1S/C12H15BrO4/c1-8(14)17-7-9-4-5-11(15-2)10(6-13)12(9)16-3/h4-5H,6-7H2,1-3H3. The zero-order valence-electron chi connectivity index (χ0n) is 10.1. The number of rotatable bonds is 5. The molecule has 17 heavy (non-hydrogen) atoms. The molecule has 0 aromatic heterocycles. The Kier molecular flexibility index (Phi) is 5.28. The topological polar surface area (TPSA) is 44.8 Å². The van der Waals surface area contributed by atoms with E-state index in [4.69, 9.17) is 14.2 Å². The van der Waals surface area contributed by atoms with E-state index in [1.165, 1.54) is 6.92 Å². The molecule has 0 aliphatic rings. The van der Waals surface area contributed by atoms with Crippen molar-refractivity contribution < 1.29 is 19.0 Å². The average molecular weight is 303 g/mol. The second-order valence-corrected chi connectivity index (χ2v) is 3.91. The van der Waals surface area contributed by atoms with Crippen molar-refractivity contribution in [1.29, 1.82) is 0 Å². The molecular weight excluding hydrogens is 288 g/mol. The summed E-state index contributed by atoms with van der Waals surface area (Å²) in [7, 11) is 3.19. The van der Waals surface area contributed by atoms with Crippen LogP contribution in [-0.4, -0.2) is 20.2 Å². The number of alkyl halides is 1. The lowest BCUT2D eigenvalue weighted by atomic mass is 10.1. The van der Waals surface area contributed by atoms with Gasteiger partial charge in [0.15, 0.2) is 0 Å². The molecule has 0 spiro atoms. The van der Waals surface area contributed by atoms with Crippen LogP contribution in [0.5, 0.6) is 11.5 Å². The lowest BCUT2D eigenvalue weighted by Crippen LogP contribution is -2.03. The minimum absolute atomic E-state index is 0.197. The Morgan fingerprint density at radius 2 is 2.00 bits per heavy atom. The van der Waals surface area contributed by atoms with Crippen molar-refractivity contribution in [1.82, 2.24) is 0 Å². The van der Waals surface area contributed by atoms with Crippen LogP contribution in [0.25, 0.3) is 0 Å². The fourth-order valence-electron chi connectivity index (χ4n) is 1.52. The van der Waals surface area contributed by atoms with Crippen LogP contribution in [0.15, 0.2) is 12.1 Å². The van der Waals surface area contributed by atoms with Gasteiger partial charge in [-0.1, -0.05) is 15.9 Å². The molecule has 0 radical (unpaired) electrons. The molecule has 1 aromatic rings. The largest absolute Gasteiger partial charge is 0.496 e. The van der Waals surface area contributed by atoms with E-state index in [0.717, 1.165) is 16.9 Å². The fourth-order valence-corrected chi connectivity index (χ4v) is 2.05. The van der Waals surface area contributed by atoms with E-state index in [9.17, 15) is 4.79 Å². The van der Waals surface area contributed by atoms with Crippen LogP contribution in [0.1, 0.15) is 18.1 Å². The minimum atomic E-state index is -0.316. The van der Waals surface area contributed by atoms with Crippen molar-refractivity contribution >= 4 is 21.9 Å². The van der Waals surface area contributed by atoms with Gasteiger partial charge in [-0.05, 0) is 12.1 Å². The number of ether oxygens (including phenoxy) is 3. The zero-order chi connectivity index (χ0) is 12.8. The smallest absolute Gasteiger partial charge is 0.302 e. The third kappa shape index (κ3) is 3.36. The van der Waals surface area contributed by atoms with Gasteiger partial charge in [0.1, 0.15) is 18.1 Å². The first-order valence-corrected chi connectivity index (χ1v) is 6.18. The van der Waals surface area contributed by atoms with Crippen LogP contribution in [0.3, 0.4) is 0 Å². The summed E-state index contributed by atoms with van der Waals surface area (Å²) in [4.78, 5) is 10.8. The number of methoxy groups -OCH3 is 2. The van der Waals surface area contributed by atoms with Crippen LogP contribution in [0, 0.1) is 0 Å². The number of esters is 1.